The lowest BCUT2D eigenvalue weighted by Gasteiger charge is -2.33. The maximum atomic E-state index is 15.5. The predicted octanol–water partition coefficient (Wildman–Crippen LogP) is 3.24. The first-order valence-corrected chi connectivity index (χ1v) is 12.5. The second-order valence-electron chi connectivity index (χ2n) is 8.30. The molecule has 2 fully saturated rings. The van der Waals surface area contributed by atoms with E-state index in [0.29, 0.717) is 23.6 Å². The molecule has 0 aromatic heterocycles. The molecule has 0 aliphatic carbocycles. The van der Waals surface area contributed by atoms with E-state index in [1.54, 1.807) is 30.3 Å². The number of sulfonamides is 1. The van der Waals surface area contributed by atoms with E-state index in [4.69, 9.17) is 16.3 Å². The highest BCUT2D eigenvalue weighted by Gasteiger charge is 2.57. The van der Waals surface area contributed by atoms with E-state index in [9.17, 15) is 22.0 Å². The Kier molecular flexibility index (Phi) is 6.47. The number of carbonyl (C=O) groups excluding carboxylic acids is 1. The van der Waals surface area contributed by atoms with Crippen LogP contribution in [0.25, 0.3) is 11.1 Å². The van der Waals surface area contributed by atoms with Crippen LogP contribution in [0.2, 0.25) is 5.02 Å². The molecule has 178 valence electrons. The van der Waals surface area contributed by atoms with Crippen molar-refractivity contribution in [2.24, 2.45) is 0 Å². The quantitative estimate of drug-likeness (QED) is 0.658. The van der Waals surface area contributed by atoms with Gasteiger partial charge in [0.05, 0.1) is 25.4 Å². The van der Waals surface area contributed by atoms with Gasteiger partial charge in [-0.2, -0.15) is 0 Å². The lowest BCUT2D eigenvalue weighted by Crippen LogP contribution is -2.54. The van der Waals surface area contributed by atoms with E-state index in [-0.39, 0.29) is 17.5 Å². The van der Waals surface area contributed by atoms with Gasteiger partial charge in [0, 0.05) is 17.0 Å². The van der Waals surface area contributed by atoms with Crippen molar-refractivity contribution in [2.45, 2.75) is 37.0 Å². The van der Waals surface area contributed by atoms with Gasteiger partial charge in [-0.25, -0.2) is 26.3 Å². The van der Waals surface area contributed by atoms with E-state index >= 15 is 4.39 Å². The van der Waals surface area contributed by atoms with E-state index in [1.165, 1.54) is 12.1 Å². The molecule has 2 aliphatic rings. The number of carbonyl (C=O) groups is 1. The molecule has 2 saturated heterocycles. The number of benzene rings is 2. The highest BCUT2D eigenvalue weighted by molar-refractivity contribution is 7.88. The van der Waals surface area contributed by atoms with Crippen molar-refractivity contribution in [1.29, 1.82) is 0 Å². The molecule has 1 unspecified atom stereocenters. The summed E-state index contributed by atoms with van der Waals surface area (Å²) in [5.74, 6) is -4.86. The molecular formula is C22H22ClF3N2O4S. The smallest absolute Gasteiger partial charge is 0.283 e. The number of likely N-dealkylation sites (tertiary alicyclic amines) is 1. The highest BCUT2D eigenvalue weighted by Crippen LogP contribution is 2.37. The largest absolute Gasteiger partial charge is 0.368 e. The minimum atomic E-state index is -4.04. The molecule has 2 aliphatic heterocycles. The molecule has 0 radical (unpaired) electrons. The molecule has 0 saturated carbocycles. The van der Waals surface area contributed by atoms with Crippen molar-refractivity contribution < 1.29 is 31.1 Å². The molecule has 0 bridgehead atoms. The first kappa shape index (κ1) is 24.0. The van der Waals surface area contributed by atoms with Crippen LogP contribution in [0.3, 0.4) is 0 Å². The Morgan fingerprint density at radius 2 is 1.97 bits per heavy atom. The monoisotopic (exact) mass is 502 g/mol. The number of hydrogen-bond acceptors (Lipinski definition) is 4. The summed E-state index contributed by atoms with van der Waals surface area (Å²) in [4.78, 5) is 13.7. The minimum absolute atomic E-state index is 0.0720. The van der Waals surface area contributed by atoms with Crippen molar-refractivity contribution in [2.75, 3.05) is 19.4 Å². The Morgan fingerprint density at radius 3 is 2.58 bits per heavy atom. The molecule has 11 heteroatoms. The second kappa shape index (κ2) is 8.90. The average Bonchev–Trinajstić information content (AvgIpc) is 2.91. The topological polar surface area (TPSA) is 75.7 Å². The molecule has 4 rings (SSSR count). The van der Waals surface area contributed by atoms with Gasteiger partial charge in [0.15, 0.2) is 0 Å². The van der Waals surface area contributed by atoms with Crippen LogP contribution in [0.15, 0.2) is 42.5 Å². The van der Waals surface area contributed by atoms with Gasteiger partial charge in [0.25, 0.3) is 11.8 Å². The lowest BCUT2D eigenvalue weighted by atomic mass is 9.95. The van der Waals surface area contributed by atoms with Gasteiger partial charge in [-0.15, -0.1) is 0 Å². The molecule has 6 nitrogen and oxygen atoms in total. The van der Waals surface area contributed by atoms with E-state index in [2.05, 4.69) is 0 Å². The van der Waals surface area contributed by atoms with Gasteiger partial charge < -0.3 is 9.64 Å². The van der Waals surface area contributed by atoms with Gasteiger partial charge in [-0.1, -0.05) is 41.9 Å². The summed E-state index contributed by atoms with van der Waals surface area (Å²) >= 11 is 6.01. The predicted molar refractivity (Wildman–Crippen MR) is 117 cm³/mol. The van der Waals surface area contributed by atoms with Crippen LogP contribution in [0.4, 0.5) is 13.2 Å². The van der Waals surface area contributed by atoms with Crippen LogP contribution < -0.4 is 4.72 Å². The zero-order chi connectivity index (χ0) is 24.0. The number of halogens is 4. The summed E-state index contributed by atoms with van der Waals surface area (Å²) in [6.07, 6.45) is -0.0272. The third-order valence-corrected chi connectivity index (χ3v) is 6.78. The number of rotatable bonds is 6. The maximum absolute atomic E-state index is 15.5. The van der Waals surface area contributed by atoms with Gasteiger partial charge >= 0.3 is 0 Å². The van der Waals surface area contributed by atoms with Gasteiger partial charge in [-0.05, 0) is 29.7 Å². The van der Waals surface area contributed by atoms with Crippen molar-refractivity contribution in [3.63, 3.8) is 0 Å². The lowest BCUT2D eigenvalue weighted by molar-refractivity contribution is -0.158. The molecular weight excluding hydrogens is 481 g/mol. The fourth-order valence-corrected chi connectivity index (χ4v) is 5.21. The fourth-order valence-electron chi connectivity index (χ4n) is 4.23. The summed E-state index contributed by atoms with van der Waals surface area (Å²) in [5.41, 5.74) is 0.788. The third kappa shape index (κ3) is 5.03. The summed E-state index contributed by atoms with van der Waals surface area (Å²) in [7, 11) is -4.04. The van der Waals surface area contributed by atoms with E-state index in [0.717, 1.165) is 11.2 Å². The van der Waals surface area contributed by atoms with Crippen LogP contribution in [0, 0.1) is 5.82 Å². The Balaban J connectivity index is 1.72. The minimum Gasteiger partial charge on any atom is -0.368 e. The molecule has 2 aromatic rings. The SMILES string of the molecule is CS(=O)(=O)N[C@@H]1[C@H](Cc2cccc(-c3cccc(Cl)c3)c2F)N(C(=O)C2CCO2)CC1(F)F. The third-order valence-electron chi connectivity index (χ3n) is 5.86. The first-order chi connectivity index (χ1) is 15.5. The highest BCUT2D eigenvalue weighted by atomic mass is 35.5. The molecule has 0 spiro atoms. The number of alkyl halides is 2. The standard InChI is InChI=1S/C22H22ClF3N2O4S/c1-33(30,31)27-20-17(28(12-22(20,25)26)21(29)18-8-9-32-18)11-14-5-3-7-16(19(14)24)13-4-2-6-15(23)10-13/h2-7,10,17-18,20,27H,8-9,11-12H2,1H3/t17-,18?,20+/m0/s1. The van der Waals surface area contributed by atoms with Crippen LogP contribution in [-0.2, 0) is 26.0 Å². The van der Waals surface area contributed by atoms with Crippen LogP contribution >= 0.6 is 11.6 Å². The zero-order valence-corrected chi connectivity index (χ0v) is 19.2. The normalized spacial score (nSPS) is 24.5. The van der Waals surface area contributed by atoms with Crippen LogP contribution in [0.1, 0.15) is 12.0 Å². The average molecular weight is 503 g/mol. The Morgan fingerprint density at radius 1 is 1.27 bits per heavy atom. The Hall–Kier alpha value is -2.14. The molecule has 33 heavy (non-hydrogen) atoms. The van der Waals surface area contributed by atoms with Crippen molar-refractivity contribution in [1.82, 2.24) is 9.62 Å². The molecule has 3 atom stereocenters. The Labute approximate surface area is 194 Å². The maximum Gasteiger partial charge on any atom is 0.283 e. The van der Waals surface area contributed by atoms with Gasteiger partial charge in [0.1, 0.15) is 18.0 Å². The number of nitrogens with one attached hydrogen (secondary N) is 1. The van der Waals surface area contributed by atoms with Crippen molar-refractivity contribution in [3.8, 4) is 11.1 Å². The number of nitrogens with zero attached hydrogens (tertiary/aromatic N) is 1. The van der Waals surface area contributed by atoms with Crippen molar-refractivity contribution in [3.05, 3.63) is 58.9 Å². The zero-order valence-electron chi connectivity index (χ0n) is 17.6. The van der Waals surface area contributed by atoms with E-state index in [1.807, 2.05) is 4.72 Å². The molecule has 2 aromatic carbocycles. The summed E-state index contributed by atoms with van der Waals surface area (Å²) in [5, 5.41) is 0.405. The van der Waals surface area contributed by atoms with Crippen LogP contribution in [-0.4, -0.2) is 62.7 Å². The van der Waals surface area contributed by atoms with Gasteiger partial charge in [-0.3, -0.25) is 4.79 Å². The fraction of sp³-hybridized carbons (Fsp3) is 0.409. The number of hydrogen-bond donors (Lipinski definition) is 1. The molecule has 2 heterocycles. The van der Waals surface area contributed by atoms with Crippen molar-refractivity contribution >= 4 is 27.5 Å². The summed E-state index contributed by atoms with van der Waals surface area (Å²) in [6.45, 7) is -0.647. The number of ether oxygens (including phenoxy) is 1. The number of amides is 1. The Bertz CT molecular complexity index is 1170. The second-order valence-corrected chi connectivity index (χ2v) is 10.5. The summed E-state index contributed by atoms with van der Waals surface area (Å²) in [6, 6.07) is 7.85. The van der Waals surface area contributed by atoms with E-state index < -0.39 is 52.4 Å². The summed E-state index contributed by atoms with van der Waals surface area (Å²) < 4.78 is 76.1. The molecule has 1 N–H and O–H groups in total. The van der Waals surface area contributed by atoms with Crippen LogP contribution in [0.5, 0.6) is 0 Å². The van der Waals surface area contributed by atoms with Gasteiger partial charge in [0.2, 0.25) is 10.0 Å². The molecule has 1 amide bonds. The first-order valence-electron chi connectivity index (χ1n) is 10.3.